The maximum Gasteiger partial charge on any atom is 0.273 e. The van der Waals surface area contributed by atoms with Crippen molar-refractivity contribution >= 4 is 17.2 Å². The van der Waals surface area contributed by atoms with Gasteiger partial charge >= 0.3 is 0 Å². The van der Waals surface area contributed by atoms with Gasteiger partial charge in [-0.25, -0.2) is 4.98 Å². The van der Waals surface area contributed by atoms with E-state index in [4.69, 9.17) is 5.73 Å². The fourth-order valence-electron chi connectivity index (χ4n) is 2.17. The highest BCUT2D eigenvalue weighted by Crippen LogP contribution is 2.22. The lowest BCUT2D eigenvalue weighted by Crippen LogP contribution is -2.30. The zero-order chi connectivity index (χ0) is 13.1. The highest BCUT2D eigenvalue weighted by Gasteiger charge is 2.30. The number of aliphatic hydroxyl groups is 1. The van der Waals surface area contributed by atoms with Crippen molar-refractivity contribution in [2.24, 2.45) is 11.7 Å². The van der Waals surface area contributed by atoms with Crippen LogP contribution in [0.3, 0.4) is 0 Å². The lowest BCUT2D eigenvalue weighted by Gasteiger charge is -2.16. The first-order chi connectivity index (χ1) is 8.61. The number of nitrogens with zero attached hydrogens (tertiary/aromatic N) is 2. The molecular weight excluding hydrogens is 250 g/mol. The number of hydrogen-bond donors (Lipinski definition) is 2. The van der Waals surface area contributed by atoms with Crippen LogP contribution in [0.4, 0.5) is 0 Å². The van der Waals surface area contributed by atoms with Gasteiger partial charge in [-0.05, 0) is 19.9 Å². The van der Waals surface area contributed by atoms with Crippen molar-refractivity contribution in [3.05, 3.63) is 16.1 Å². The number of carbonyl (C=O) groups excluding carboxylic acids is 1. The second-order valence-corrected chi connectivity index (χ2v) is 5.65. The van der Waals surface area contributed by atoms with Crippen LogP contribution in [-0.4, -0.2) is 46.6 Å². The molecule has 1 saturated heterocycles. The summed E-state index contributed by atoms with van der Waals surface area (Å²) in [5, 5.41) is 12.2. The van der Waals surface area contributed by atoms with Crippen LogP contribution in [-0.2, 0) is 6.42 Å². The van der Waals surface area contributed by atoms with Crippen LogP contribution in [0, 0.1) is 5.92 Å². The number of rotatable bonds is 4. The Bertz CT molecular complexity index is 419. The predicted molar refractivity (Wildman–Crippen MR) is 70.6 cm³/mol. The highest BCUT2D eigenvalue weighted by atomic mass is 32.1. The SMILES string of the molecule is CC(O)C1CCN(C(=O)c2csc(CCN)n2)C1. The van der Waals surface area contributed by atoms with Crippen LogP contribution < -0.4 is 5.73 Å². The maximum absolute atomic E-state index is 12.2. The van der Waals surface area contributed by atoms with Crippen molar-refractivity contribution in [3.63, 3.8) is 0 Å². The van der Waals surface area contributed by atoms with Gasteiger partial charge in [-0.3, -0.25) is 4.79 Å². The quantitative estimate of drug-likeness (QED) is 0.833. The summed E-state index contributed by atoms with van der Waals surface area (Å²) < 4.78 is 0. The fraction of sp³-hybridized carbons (Fsp3) is 0.667. The first-order valence-corrected chi connectivity index (χ1v) is 7.11. The second kappa shape index (κ2) is 5.77. The van der Waals surface area contributed by atoms with E-state index in [0.29, 0.717) is 31.7 Å². The molecule has 0 radical (unpaired) electrons. The number of hydrogen-bond acceptors (Lipinski definition) is 5. The zero-order valence-corrected chi connectivity index (χ0v) is 11.3. The van der Waals surface area contributed by atoms with E-state index in [1.165, 1.54) is 11.3 Å². The molecule has 5 nitrogen and oxygen atoms in total. The molecule has 2 atom stereocenters. The van der Waals surface area contributed by atoms with Gasteiger partial charge in [0.25, 0.3) is 5.91 Å². The van der Waals surface area contributed by atoms with E-state index in [0.717, 1.165) is 11.4 Å². The van der Waals surface area contributed by atoms with E-state index in [9.17, 15) is 9.90 Å². The highest BCUT2D eigenvalue weighted by molar-refractivity contribution is 7.09. The van der Waals surface area contributed by atoms with E-state index in [2.05, 4.69) is 4.98 Å². The van der Waals surface area contributed by atoms with Gasteiger partial charge in [0.05, 0.1) is 11.1 Å². The van der Waals surface area contributed by atoms with Crippen molar-refractivity contribution in [3.8, 4) is 0 Å². The Morgan fingerprint density at radius 1 is 1.78 bits per heavy atom. The molecule has 2 heterocycles. The van der Waals surface area contributed by atoms with E-state index < -0.39 is 0 Å². The van der Waals surface area contributed by atoms with Gasteiger partial charge in [0, 0.05) is 30.8 Å². The minimum Gasteiger partial charge on any atom is -0.393 e. The lowest BCUT2D eigenvalue weighted by atomic mass is 10.0. The molecule has 0 aliphatic carbocycles. The molecule has 6 heteroatoms. The van der Waals surface area contributed by atoms with Gasteiger partial charge in [0.15, 0.2) is 0 Å². The first kappa shape index (κ1) is 13.5. The molecule has 0 saturated carbocycles. The molecular formula is C12H19N3O2S. The molecule has 0 spiro atoms. The number of carbonyl (C=O) groups is 1. The Kier molecular flexibility index (Phi) is 4.31. The van der Waals surface area contributed by atoms with Crippen molar-refractivity contribution in [1.82, 2.24) is 9.88 Å². The third-order valence-corrected chi connectivity index (χ3v) is 4.23. The smallest absolute Gasteiger partial charge is 0.273 e. The van der Waals surface area contributed by atoms with Crippen molar-refractivity contribution in [1.29, 1.82) is 0 Å². The number of thiazole rings is 1. The summed E-state index contributed by atoms with van der Waals surface area (Å²) in [7, 11) is 0. The Morgan fingerprint density at radius 2 is 2.56 bits per heavy atom. The summed E-state index contributed by atoms with van der Waals surface area (Å²) >= 11 is 1.48. The van der Waals surface area contributed by atoms with Gasteiger partial charge in [-0.1, -0.05) is 0 Å². The fourth-order valence-corrected chi connectivity index (χ4v) is 2.96. The topological polar surface area (TPSA) is 79.5 Å². The van der Waals surface area contributed by atoms with Gasteiger partial charge in [0.2, 0.25) is 0 Å². The van der Waals surface area contributed by atoms with Gasteiger partial charge in [-0.15, -0.1) is 11.3 Å². The Morgan fingerprint density at radius 3 is 3.17 bits per heavy atom. The molecule has 1 fully saturated rings. The molecule has 2 unspecified atom stereocenters. The predicted octanol–water partition coefficient (Wildman–Crippen LogP) is 0.487. The molecule has 0 bridgehead atoms. The molecule has 3 N–H and O–H groups in total. The van der Waals surface area contributed by atoms with Crippen LogP contribution in [0.5, 0.6) is 0 Å². The largest absolute Gasteiger partial charge is 0.393 e. The van der Waals surface area contributed by atoms with Crippen LogP contribution in [0.15, 0.2) is 5.38 Å². The van der Waals surface area contributed by atoms with Gasteiger partial charge in [-0.2, -0.15) is 0 Å². The average molecular weight is 269 g/mol. The van der Waals surface area contributed by atoms with Crippen LogP contribution in [0.2, 0.25) is 0 Å². The average Bonchev–Trinajstić information content (AvgIpc) is 2.97. The number of amides is 1. The van der Waals surface area contributed by atoms with Crippen molar-refractivity contribution in [2.75, 3.05) is 19.6 Å². The summed E-state index contributed by atoms with van der Waals surface area (Å²) in [6.07, 6.45) is 1.23. The normalized spacial score (nSPS) is 21.3. The summed E-state index contributed by atoms with van der Waals surface area (Å²) in [6, 6.07) is 0. The van der Waals surface area contributed by atoms with E-state index in [-0.39, 0.29) is 17.9 Å². The third-order valence-electron chi connectivity index (χ3n) is 3.32. The van der Waals surface area contributed by atoms with Crippen molar-refractivity contribution < 1.29 is 9.90 Å². The van der Waals surface area contributed by atoms with Crippen LogP contribution in [0.25, 0.3) is 0 Å². The molecule has 1 aliphatic heterocycles. The molecule has 1 aliphatic rings. The summed E-state index contributed by atoms with van der Waals surface area (Å²) in [6.45, 7) is 3.66. The van der Waals surface area contributed by atoms with Crippen molar-refractivity contribution in [2.45, 2.75) is 25.9 Å². The van der Waals surface area contributed by atoms with Gasteiger partial charge < -0.3 is 15.7 Å². The second-order valence-electron chi connectivity index (χ2n) is 4.71. The van der Waals surface area contributed by atoms with E-state index >= 15 is 0 Å². The summed E-state index contributed by atoms with van der Waals surface area (Å²) in [5.41, 5.74) is 5.97. The van der Waals surface area contributed by atoms with Gasteiger partial charge in [0.1, 0.15) is 5.69 Å². The molecule has 1 amide bonds. The molecule has 18 heavy (non-hydrogen) atoms. The van der Waals surface area contributed by atoms with E-state index in [1.807, 2.05) is 0 Å². The lowest BCUT2D eigenvalue weighted by molar-refractivity contribution is 0.0757. The minimum absolute atomic E-state index is 0.0299. The molecule has 1 aromatic heterocycles. The molecule has 1 aromatic rings. The molecule has 2 rings (SSSR count). The van der Waals surface area contributed by atoms with Crippen LogP contribution >= 0.6 is 11.3 Å². The minimum atomic E-state index is -0.356. The Hall–Kier alpha value is -0.980. The summed E-state index contributed by atoms with van der Waals surface area (Å²) in [5.74, 6) is 0.161. The Balaban J connectivity index is 1.99. The number of aliphatic hydroxyl groups excluding tert-OH is 1. The number of aromatic nitrogens is 1. The first-order valence-electron chi connectivity index (χ1n) is 6.23. The summed E-state index contributed by atoms with van der Waals surface area (Å²) in [4.78, 5) is 18.3. The third kappa shape index (κ3) is 2.88. The zero-order valence-electron chi connectivity index (χ0n) is 10.5. The molecule has 0 aromatic carbocycles. The standard InChI is InChI=1S/C12H19N3O2S/c1-8(16)9-3-5-15(6-9)12(17)10-7-18-11(14-10)2-4-13/h7-9,16H,2-6,13H2,1H3. The Labute approximate surface area is 111 Å². The molecule has 100 valence electrons. The maximum atomic E-state index is 12.2. The van der Waals surface area contributed by atoms with E-state index in [1.54, 1.807) is 17.2 Å². The monoisotopic (exact) mass is 269 g/mol. The van der Waals surface area contributed by atoms with Crippen LogP contribution in [0.1, 0.15) is 28.8 Å². The number of nitrogens with two attached hydrogens (primary N) is 1. The number of likely N-dealkylation sites (tertiary alicyclic amines) is 1.